The molecule has 1 aliphatic rings. The van der Waals surface area contributed by atoms with Crippen LogP contribution in [0.5, 0.6) is 0 Å². The average Bonchev–Trinajstić information content (AvgIpc) is 3.21. The molecule has 1 aromatic heterocycles. The highest BCUT2D eigenvalue weighted by Gasteiger charge is 2.33. The molecule has 2 heterocycles. The monoisotopic (exact) mass is 436 g/mol. The fourth-order valence-electron chi connectivity index (χ4n) is 4.08. The summed E-state index contributed by atoms with van der Waals surface area (Å²) in [6.45, 7) is 3.47. The van der Waals surface area contributed by atoms with Gasteiger partial charge in [0.25, 0.3) is 0 Å². The van der Waals surface area contributed by atoms with Crippen LogP contribution in [-0.4, -0.2) is 36.3 Å². The summed E-state index contributed by atoms with van der Waals surface area (Å²) in [4.78, 5) is 12.8. The van der Waals surface area contributed by atoms with Gasteiger partial charge in [0.15, 0.2) is 0 Å². The summed E-state index contributed by atoms with van der Waals surface area (Å²) in [6.07, 6.45) is 2.90. The summed E-state index contributed by atoms with van der Waals surface area (Å²) in [5, 5.41) is 13.3. The normalized spacial score (nSPS) is 15.6. The van der Waals surface area contributed by atoms with Crippen LogP contribution in [0.4, 0.5) is 5.69 Å². The number of nitrogens with zero attached hydrogens (tertiary/aromatic N) is 3. The number of amides is 1. The van der Waals surface area contributed by atoms with Crippen molar-refractivity contribution in [3.8, 4) is 6.07 Å². The Balaban J connectivity index is 1.41. The number of carbonyl (C=O) groups is 1. The quantitative estimate of drug-likeness (QED) is 0.661. The Hall–Kier alpha value is -3.15. The molecule has 1 amide bonds. The predicted molar refractivity (Wildman–Crippen MR) is 119 cm³/mol. The van der Waals surface area contributed by atoms with Crippen LogP contribution in [0.3, 0.4) is 0 Å². The van der Waals surface area contributed by atoms with Gasteiger partial charge in [0.1, 0.15) is 6.07 Å². The number of rotatable bonds is 5. The van der Waals surface area contributed by atoms with Gasteiger partial charge < -0.3 is 9.88 Å². The number of hydrogen-bond acceptors (Lipinski definition) is 4. The molecule has 8 heteroatoms. The van der Waals surface area contributed by atoms with Crippen LogP contribution in [0.25, 0.3) is 10.9 Å². The van der Waals surface area contributed by atoms with Crippen molar-refractivity contribution in [1.29, 1.82) is 5.26 Å². The Morgan fingerprint density at radius 3 is 2.61 bits per heavy atom. The van der Waals surface area contributed by atoms with Crippen LogP contribution in [0, 0.1) is 17.2 Å². The third-order valence-corrected chi connectivity index (χ3v) is 7.79. The topological polar surface area (TPSA) is 95.2 Å². The minimum absolute atomic E-state index is 0.0210. The van der Waals surface area contributed by atoms with E-state index >= 15 is 0 Å². The van der Waals surface area contributed by atoms with E-state index in [1.807, 2.05) is 36.5 Å². The molecule has 0 saturated carbocycles. The zero-order chi connectivity index (χ0) is 22.0. The van der Waals surface area contributed by atoms with Crippen molar-refractivity contribution in [1.82, 2.24) is 8.87 Å². The largest absolute Gasteiger partial charge is 0.348 e. The van der Waals surface area contributed by atoms with Crippen LogP contribution >= 0.6 is 0 Å². The standard InChI is InChI=1S/C23H24N4O3S/c1-2-26-12-9-18-15-20(7-8-21(18)26)25-23(28)17-10-13-27(14-11-17)31(29,30)22-6-4-3-5-19(22)16-24/h3-9,12,15,17H,2,10-11,13-14H2,1H3,(H,25,28). The van der Waals surface area contributed by atoms with E-state index in [-0.39, 0.29) is 35.4 Å². The number of aryl methyl sites for hydroxylation is 1. The van der Waals surface area contributed by atoms with E-state index in [0.29, 0.717) is 12.8 Å². The molecule has 1 N–H and O–H groups in total. The number of sulfonamides is 1. The third-order valence-electron chi connectivity index (χ3n) is 5.83. The second-order valence-corrected chi connectivity index (χ2v) is 9.56. The van der Waals surface area contributed by atoms with Gasteiger partial charge in [-0.1, -0.05) is 12.1 Å². The number of benzene rings is 2. The molecule has 1 saturated heterocycles. The summed E-state index contributed by atoms with van der Waals surface area (Å²) in [5.41, 5.74) is 2.00. The molecule has 0 atom stereocenters. The maximum absolute atomic E-state index is 13.0. The lowest BCUT2D eigenvalue weighted by molar-refractivity contribution is -0.120. The smallest absolute Gasteiger partial charge is 0.244 e. The fourth-order valence-corrected chi connectivity index (χ4v) is 5.69. The molecule has 0 unspecified atom stereocenters. The van der Waals surface area contributed by atoms with Gasteiger partial charge in [-0.25, -0.2) is 8.42 Å². The van der Waals surface area contributed by atoms with Gasteiger partial charge in [-0.2, -0.15) is 9.57 Å². The second kappa shape index (κ2) is 8.53. The highest BCUT2D eigenvalue weighted by Crippen LogP contribution is 2.27. The fraction of sp³-hybridized carbons (Fsp3) is 0.304. The summed E-state index contributed by atoms with van der Waals surface area (Å²) in [5.74, 6) is -0.350. The minimum atomic E-state index is -3.76. The lowest BCUT2D eigenvalue weighted by atomic mass is 9.97. The van der Waals surface area contributed by atoms with Gasteiger partial charge in [0, 0.05) is 48.3 Å². The van der Waals surface area contributed by atoms with Gasteiger partial charge in [0.05, 0.1) is 10.5 Å². The summed E-state index contributed by atoms with van der Waals surface area (Å²) < 4.78 is 29.4. The van der Waals surface area contributed by atoms with E-state index in [2.05, 4.69) is 16.8 Å². The molecule has 3 aromatic rings. The molecule has 0 aliphatic carbocycles. The molecule has 4 rings (SSSR count). The molecule has 0 bridgehead atoms. The Labute approximate surface area is 181 Å². The maximum atomic E-state index is 13.0. The van der Waals surface area contributed by atoms with Gasteiger partial charge in [-0.3, -0.25) is 4.79 Å². The van der Waals surface area contributed by atoms with Crippen molar-refractivity contribution in [3.63, 3.8) is 0 Å². The number of anilines is 1. The Morgan fingerprint density at radius 2 is 1.90 bits per heavy atom. The van der Waals surface area contributed by atoms with E-state index in [1.54, 1.807) is 12.1 Å². The van der Waals surface area contributed by atoms with E-state index in [4.69, 9.17) is 0 Å². The average molecular weight is 437 g/mol. The molecule has 31 heavy (non-hydrogen) atoms. The van der Waals surface area contributed by atoms with Crippen LogP contribution < -0.4 is 5.32 Å². The molecule has 7 nitrogen and oxygen atoms in total. The highest BCUT2D eigenvalue weighted by atomic mass is 32.2. The SMILES string of the molecule is CCn1ccc2cc(NC(=O)C3CCN(S(=O)(=O)c4ccccc4C#N)CC3)ccc21. The second-order valence-electron chi connectivity index (χ2n) is 7.65. The highest BCUT2D eigenvalue weighted by molar-refractivity contribution is 7.89. The Morgan fingerprint density at radius 1 is 1.16 bits per heavy atom. The molecule has 0 radical (unpaired) electrons. The third kappa shape index (κ3) is 4.07. The van der Waals surface area contributed by atoms with Crippen molar-refractivity contribution < 1.29 is 13.2 Å². The maximum Gasteiger partial charge on any atom is 0.244 e. The summed E-state index contributed by atoms with van der Waals surface area (Å²) >= 11 is 0. The Kier molecular flexibility index (Phi) is 5.81. The zero-order valence-corrected chi connectivity index (χ0v) is 18.1. The van der Waals surface area contributed by atoms with E-state index in [1.165, 1.54) is 16.4 Å². The molecule has 1 fully saturated rings. The van der Waals surface area contributed by atoms with E-state index in [0.717, 1.165) is 23.1 Å². The molecular weight excluding hydrogens is 412 g/mol. The number of hydrogen-bond donors (Lipinski definition) is 1. The van der Waals surface area contributed by atoms with Gasteiger partial charge >= 0.3 is 0 Å². The first-order chi connectivity index (χ1) is 14.9. The molecule has 160 valence electrons. The minimum Gasteiger partial charge on any atom is -0.348 e. The van der Waals surface area contributed by atoms with Crippen LogP contribution in [0.1, 0.15) is 25.3 Å². The zero-order valence-electron chi connectivity index (χ0n) is 17.3. The summed E-state index contributed by atoms with van der Waals surface area (Å²) in [7, 11) is -3.76. The first kappa shape index (κ1) is 21.1. The first-order valence-electron chi connectivity index (χ1n) is 10.3. The van der Waals surface area contributed by atoms with E-state index < -0.39 is 10.0 Å². The number of aromatic nitrogens is 1. The predicted octanol–water partition coefficient (Wildman–Crippen LogP) is 3.57. The lowest BCUT2D eigenvalue weighted by Crippen LogP contribution is -2.41. The van der Waals surface area contributed by atoms with Gasteiger partial charge in [-0.15, -0.1) is 0 Å². The molecule has 1 aliphatic heterocycles. The van der Waals surface area contributed by atoms with Crippen LogP contribution in [0.15, 0.2) is 59.6 Å². The van der Waals surface area contributed by atoms with Crippen molar-refractivity contribution in [2.24, 2.45) is 5.92 Å². The van der Waals surface area contributed by atoms with Crippen molar-refractivity contribution in [2.75, 3.05) is 18.4 Å². The van der Waals surface area contributed by atoms with Crippen LogP contribution in [-0.2, 0) is 21.4 Å². The number of piperidine rings is 1. The Bertz CT molecular complexity index is 1270. The first-order valence-corrected chi connectivity index (χ1v) is 11.8. The van der Waals surface area contributed by atoms with Crippen molar-refractivity contribution >= 4 is 32.5 Å². The molecule has 0 spiro atoms. The van der Waals surface area contributed by atoms with Crippen LogP contribution in [0.2, 0.25) is 0 Å². The number of nitrogens with one attached hydrogen (secondary N) is 1. The number of nitriles is 1. The van der Waals surface area contributed by atoms with Gasteiger partial charge in [-0.05, 0) is 56.2 Å². The molecular formula is C23H24N4O3S. The van der Waals surface area contributed by atoms with Gasteiger partial charge in [0.2, 0.25) is 15.9 Å². The summed E-state index contributed by atoms with van der Waals surface area (Å²) in [6, 6.07) is 16.0. The van der Waals surface area contributed by atoms with E-state index in [9.17, 15) is 18.5 Å². The number of carbonyl (C=O) groups excluding carboxylic acids is 1. The van der Waals surface area contributed by atoms with Crippen molar-refractivity contribution in [3.05, 3.63) is 60.3 Å². The van der Waals surface area contributed by atoms with Crippen molar-refractivity contribution in [2.45, 2.75) is 31.2 Å². The lowest BCUT2D eigenvalue weighted by Gasteiger charge is -2.30. The molecule has 2 aromatic carbocycles. The number of fused-ring (bicyclic) bond motifs is 1.